The van der Waals surface area contributed by atoms with Crippen molar-refractivity contribution < 1.29 is 22.7 Å². The zero-order valence-corrected chi connectivity index (χ0v) is 12.6. The Balaban J connectivity index is 2.12. The third-order valence-corrected chi connectivity index (χ3v) is 4.19. The van der Waals surface area contributed by atoms with Crippen LogP contribution in [-0.2, 0) is 18.6 Å². The van der Waals surface area contributed by atoms with Crippen LogP contribution in [0.25, 0.3) is 0 Å². The number of rotatable bonds is 4. The number of carbonyl (C=O) groups excluding carboxylic acids is 2. The van der Waals surface area contributed by atoms with Gasteiger partial charge in [0.15, 0.2) is 0 Å². The van der Waals surface area contributed by atoms with Gasteiger partial charge in [-0.2, -0.15) is 0 Å². The first-order chi connectivity index (χ1) is 9.80. The van der Waals surface area contributed by atoms with E-state index in [0.29, 0.717) is 0 Å². The maximum atomic E-state index is 11.9. The lowest BCUT2D eigenvalue weighted by Crippen LogP contribution is -2.27. The number of nitrogens with zero attached hydrogens (tertiary/aromatic N) is 3. The second-order valence-electron chi connectivity index (χ2n) is 4.54. The zero-order valence-electron chi connectivity index (χ0n) is 11.0. The molecule has 2 rings (SSSR count). The summed E-state index contributed by atoms with van der Waals surface area (Å²) in [6.45, 7) is 0.169. The fraction of sp³-hybridized carbons (Fsp3) is 0.455. The molecule has 1 atom stereocenters. The first kappa shape index (κ1) is 15.6. The number of aromatic nitrogens is 2. The van der Waals surface area contributed by atoms with Crippen molar-refractivity contribution in [1.29, 1.82) is 0 Å². The van der Waals surface area contributed by atoms with Gasteiger partial charge in [0.1, 0.15) is 0 Å². The lowest BCUT2D eigenvalue weighted by Gasteiger charge is -2.13. The van der Waals surface area contributed by atoms with Crippen LogP contribution in [0.15, 0.2) is 12.4 Å². The number of ether oxygens (including phenoxy) is 1. The first-order valence-electron chi connectivity index (χ1n) is 5.93. The van der Waals surface area contributed by atoms with Crippen LogP contribution in [0.2, 0.25) is 0 Å². The molecule has 21 heavy (non-hydrogen) atoms. The first-order valence-corrected chi connectivity index (χ1v) is 8.41. The Bertz CT molecular complexity index is 661. The molecule has 1 aromatic rings. The molecule has 1 amide bonds. The van der Waals surface area contributed by atoms with E-state index in [-0.39, 0.29) is 36.1 Å². The summed E-state index contributed by atoms with van der Waals surface area (Å²) in [5.41, 5.74) is 0.160. The molecular formula is C11H12ClN3O5S. The van der Waals surface area contributed by atoms with Crippen LogP contribution in [0.4, 0.5) is 5.95 Å². The third kappa shape index (κ3) is 3.88. The van der Waals surface area contributed by atoms with E-state index in [1.807, 2.05) is 0 Å². The van der Waals surface area contributed by atoms with Crippen LogP contribution in [0, 0.1) is 5.92 Å². The number of carbonyl (C=O) groups is 2. The predicted molar refractivity (Wildman–Crippen MR) is 73.5 cm³/mol. The second kappa shape index (κ2) is 5.94. The Hall–Kier alpha value is -1.74. The number of hydrogen-bond acceptors (Lipinski definition) is 7. The minimum Gasteiger partial charge on any atom is -0.465 e. The molecule has 1 aromatic heterocycles. The number of anilines is 1. The highest BCUT2D eigenvalue weighted by Crippen LogP contribution is 2.24. The number of esters is 1. The SMILES string of the molecule is COC(=O)c1cnc(N2CC(CS(=O)(=O)Cl)CC2=O)nc1. The minimum absolute atomic E-state index is 0.0636. The van der Waals surface area contributed by atoms with E-state index in [1.54, 1.807) is 0 Å². The molecular weight excluding hydrogens is 322 g/mol. The standard InChI is InChI=1S/C11H12ClN3O5S/c1-20-10(17)8-3-13-11(14-4-8)15-5-7(2-9(15)16)6-21(12,18)19/h3-4,7H,2,5-6H2,1H3. The van der Waals surface area contributed by atoms with Gasteiger partial charge in [-0.05, 0) is 0 Å². The molecule has 0 saturated carbocycles. The maximum Gasteiger partial charge on any atom is 0.341 e. The molecule has 1 fully saturated rings. The number of hydrogen-bond donors (Lipinski definition) is 0. The molecule has 2 heterocycles. The number of methoxy groups -OCH3 is 1. The summed E-state index contributed by atoms with van der Waals surface area (Å²) in [4.78, 5) is 32.2. The summed E-state index contributed by atoms with van der Waals surface area (Å²) in [5.74, 6) is -1.44. The summed E-state index contributed by atoms with van der Waals surface area (Å²) in [6.07, 6.45) is 2.55. The lowest BCUT2D eigenvalue weighted by molar-refractivity contribution is -0.117. The molecule has 0 radical (unpaired) electrons. The Morgan fingerprint density at radius 2 is 2.10 bits per heavy atom. The summed E-state index contributed by atoms with van der Waals surface area (Å²) in [5, 5.41) is 0. The van der Waals surface area contributed by atoms with Crippen LogP contribution in [-0.4, -0.2) is 49.7 Å². The van der Waals surface area contributed by atoms with Crippen LogP contribution >= 0.6 is 10.7 Å². The van der Waals surface area contributed by atoms with E-state index in [1.165, 1.54) is 24.4 Å². The van der Waals surface area contributed by atoms with Gasteiger partial charge in [-0.1, -0.05) is 0 Å². The van der Waals surface area contributed by atoms with Gasteiger partial charge >= 0.3 is 5.97 Å². The predicted octanol–water partition coefficient (Wildman–Crippen LogP) is 0.185. The molecule has 114 valence electrons. The van der Waals surface area contributed by atoms with Gasteiger partial charge in [-0.15, -0.1) is 0 Å². The van der Waals surface area contributed by atoms with Crippen molar-refractivity contribution in [2.24, 2.45) is 5.92 Å². The molecule has 1 aliphatic rings. The van der Waals surface area contributed by atoms with Gasteiger partial charge in [-0.25, -0.2) is 23.2 Å². The average Bonchev–Trinajstić information content (AvgIpc) is 2.76. The monoisotopic (exact) mass is 333 g/mol. The summed E-state index contributed by atoms with van der Waals surface area (Å²) in [7, 11) is 2.75. The molecule has 1 unspecified atom stereocenters. The fourth-order valence-electron chi connectivity index (χ4n) is 2.05. The average molecular weight is 334 g/mol. The van der Waals surface area contributed by atoms with Crippen molar-refractivity contribution in [2.75, 3.05) is 24.3 Å². The Morgan fingerprint density at radius 3 is 2.62 bits per heavy atom. The van der Waals surface area contributed by atoms with Gasteiger partial charge in [-0.3, -0.25) is 9.69 Å². The van der Waals surface area contributed by atoms with Crippen molar-refractivity contribution in [1.82, 2.24) is 9.97 Å². The highest BCUT2D eigenvalue weighted by Gasteiger charge is 2.34. The van der Waals surface area contributed by atoms with Crippen molar-refractivity contribution in [3.63, 3.8) is 0 Å². The zero-order chi connectivity index (χ0) is 15.6. The fourth-order valence-corrected chi connectivity index (χ4v) is 3.37. The second-order valence-corrected chi connectivity index (χ2v) is 7.36. The number of amides is 1. The Kier molecular flexibility index (Phi) is 4.43. The highest BCUT2D eigenvalue weighted by atomic mass is 35.7. The minimum atomic E-state index is -3.67. The molecule has 0 aromatic carbocycles. The van der Waals surface area contributed by atoms with Crippen molar-refractivity contribution in [3.05, 3.63) is 18.0 Å². The van der Waals surface area contributed by atoms with E-state index in [0.717, 1.165) is 0 Å². The summed E-state index contributed by atoms with van der Waals surface area (Å²) >= 11 is 0. The molecule has 1 aliphatic heterocycles. The molecule has 8 nitrogen and oxygen atoms in total. The summed E-state index contributed by atoms with van der Waals surface area (Å²) < 4.78 is 26.6. The maximum absolute atomic E-state index is 11.9. The van der Waals surface area contributed by atoms with E-state index >= 15 is 0 Å². The van der Waals surface area contributed by atoms with Gasteiger partial charge in [0.25, 0.3) is 0 Å². The van der Waals surface area contributed by atoms with E-state index in [2.05, 4.69) is 14.7 Å². The van der Waals surface area contributed by atoms with Crippen LogP contribution in [0.1, 0.15) is 16.8 Å². The lowest BCUT2D eigenvalue weighted by atomic mass is 10.1. The molecule has 0 N–H and O–H groups in total. The van der Waals surface area contributed by atoms with Gasteiger partial charge in [0, 0.05) is 42.0 Å². The van der Waals surface area contributed by atoms with Crippen LogP contribution in [0.3, 0.4) is 0 Å². The van der Waals surface area contributed by atoms with E-state index in [9.17, 15) is 18.0 Å². The molecule has 0 aliphatic carbocycles. The number of halogens is 1. The van der Waals surface area contributed by atoms with E-state index < -0.39 is 20.9 Å². The largest absolute Gasteiger partial charge is 0.465 e. The summed E-state index contributed by atoms with van der Waals surface area (Å²) in [6, 6.07) is 0. The van der Waals surface area contributed by atoms with E-state index in [4.69, 9.17) is 10.7 Å². The van der Waals surface area contributed by atoms with Gasteiger partial charge in [0.2, 0.25) is 20.9 Å². The Labute approximate surface area is 125 Å². The van der Waals surface area contributed by atoms with Gasteiger partial charge < -0.3 is 4.74 Å². The highest BCUT2D eigenvalue weighted by molar-refractivity contribution is 8.13. The molecule has 1 saturated heterocycles. The quantitative estimate of drug-likeness (QED) is 0.571. The Morgan fingerprint density at radius 1 is 1.48 bits per heavy atom. The topological polar surface area (TPSA) is 107 Å². The van der Waals surface area contributed by atoms with Crippen LogP contribution in [0.5, 0.6) is 0 Å². The van der Waals surface area contributed by atoms with Crippen molar-refractivity contribution >= 4 is 37.6 Å². The molecule has 0 bridgehead atoms. The normalized spacial score (nSPS) is 18.9. The molecule has 0 spiro atoms. The molecule has 10 heteroatoms. The third-order valence-electron chi connectivity index (χ3n) is 2.94. The van der Waals surface area contributed by atoms with Crippen molar-refractivity contribution in [2.45, 2.75) is 6.42 Å². The smallest absolute Gasteiger partial charge is 0.341 e. The van der Waals surface area contributed by atoms with Crippen molar-refractivity contribution in [3.8, 4) is 0 Å². The van der Waals surface area contributed by atoms with Crippen LogP contribution < -0.4 is 4.90 Å². The van der Waals surface area contributed by atoms with Gasteiger partial charge in [0.05, 0.1) is 18.4 Å².